The first-order valence-corrected chi connectivity index (χ1v) is 11.4. The zero-order chi connectivity index (χ0) is 22.1. The normalized spacial score (nSPS) is 16.1. The molecule has 1 heterocycles. The molecule has 160 valence electrons. The molecule has 0 saturated carbocycles. The second-order valence-corrected chi connectivity index (χ2v) is 9.15. The maximum Gasteiger partial charge on any atom is 0.103 e. The molecular formula is C29H34N2. The molecule has 1 aliphatic carbocycles. The van der Waals surface area contributed by atoms with Gasteiger partial charge in [-0.05, 0) is 93.3 Å². The van der Waals surface area contributed by atoms with Crippen LogP contribution in [0.15, 0.2) is 53.4 Å². The Kier molecular flexibility index (Phi) is 6.09. The Balaban J connectivity index is 1.70. The van der Waals surface area contributed by atoms with Gasteiger partial charge in [-0.25, -0.2) is 0 Å². The minimum atomic E-state index is 0.835. The van der Waals surface area contributed by atoms with Gasteiger partial charge in [-0.15, -0.1) is 0 Å². The SMILES string of the molecule is Cc1cc(C)c([C]CC2=CCC(=C3NCCN3)C(c3c(C)cc(C)cc3C)=C2)c(C)c1. The van der Waals surface area contributed by atoms with E-state index in [1.165, 1.54) is 67.0 Å². The molecule has 2 heteroatoms. The van der Waals surface area contributed by atoms with Crippen LogP contribution in [0.5, 0.6) is 0 Å². The van der Waals surface area contributed by atoms with Crippen molar-refractivity contribution < 1.29 is 0 Å². The van der Waals surface area contributed by atoms with Gasteiger partial charge in [0, 0.05) is 25.1 Å². The van der Waals surface area contributed by atoms with Gasteiger partial charge in [0.1, 0.15) is 5.82 Å². The van der Waals surface area contributed by atoms with Crippen LogP contribution in [0.1, 0.15) is 57.3 Å². The van der Waals surface area contributed by atoms with Gasteiger partial charge in [0.25, 0.3) is 0 Å². The van der Waals surface area contributed by atoms with Crippen LogP contribution in [0.2, 0.25) is 0 Å². The van der Waals surface area contributed by atoms with E-state index in [2.05, 4.69) is 95.0 Å². The second-order valence-electron chi connectivity index (χ2n) is 9.15. The van der Waals surface area contributed by atoms with E-state index in [0.717, 1.165) is 25.9 Å². The zero-order valence-electron chi connectivity index (χ0n) is 19.8. The standard InChI is InChI=1S/C29H34N2/c1-18-13-20(3)25(21(4)14-18)9-7-24-8-10-26(29-30-11-12-31-29)27(17-24)28-22(5)15-19(2)16-23(28)6/h8,13-17,30-31H,7,10-12H2,1-6H3. The molecule has 4 rings (SSSR count). The van der Waals surface area contributed by atoms with Crippen molar-refractivity contribution in [3.63, 3.8) is 0 Å². The number of rotatable bonds is 4. The second kappa shape index (κ2) is 8.78. The summed E-state index contributed by atoms with van der Waals surface area (Å²) in [5.41, 5.74) is 14.7. The minimum absolute atomic E-state index is 0.835. The van der Waals surface area contributed by atoms with Crippen LogP contribution in [-0.2, 0) is 0 Å². The first-order chi connectivity index (χ1) is 14.8. The van der Waals surface area contributed by atoms with Gasteiger partial charge in [0.05, 0.1) is 0 Å². The maximum absolute atomic E-state index is 3.71. The molecule has 1 aliphatic heterocycles. The van der Waals surface area contributed by atoms with Crippen molar-refractivity contribution >= 4 is 5.57 Å². The molecule has 2 aromatic rings. The van der Waals surface area contributed by atoms with E-state index < -0.39 is 0 Å². The Morgan fingerprint density at radius 1 is 0.774 bits per heavy atom. The molecule has 0 aromatic heterocycles. The topological polar surface area (TPSA) is 24.1 Å². The summed E-state index contributed by atoms with van der Waals surface area (Å²) in [5.74, 6) is 1.19. The van der Waals surface area contributed by atoms with Crippen molar-refractivity contribution in [3.8, 4) is 0 Å². The third-order valence-electron chi connectivity index (χ3n) is 6.35. The number of nitrogens with one attached hydrogen (secondary N) is 2. The maximum atomic E-state index is 3.71. The lowest BCUT2D eigenvalue weighted by atomic mass is 9.83. The molecule has 2 radical (unpaired) electrons. The summed E-state index contributed by atoms with van der Waals surface area (Å²) in [5, 5.41) is 7.10. The van der Waals surface area contributed by atoms with Gasteiger partial charge in [-0.2, -0.15) is 0 Å². The first-order valence-electron chi connectivity index (χ1n) is 11.4. The first kappa shape index (κ1) is 21.5. The van der Waals surface area contributed by atoms with Crippen molar-refractivity contribution in [2.45, 2.75) is 54.4 Å². The fourth-order valence-corrected chi connectivity index (χ4v) is 5.16. The highest BCUT2D eigenvalue weighted by Crippen LogP contribution is 2.38. The van der Waals surface area contributed by atoms with Crippen LogP contribution >= 0.6 is 0 Å². The molecule has 0 unspecified atom stereocenters. The zero-order valence-corrected chi connectivity index (χ0v) is 19.8. The van der Waals surface area contributed by atoms with Crippen molar-refractivity contribution in [3.05, 3.63) is 104 Å². The van der Waals surface area contributed by atoms with Gasteiger partial charge in [-0.3, -0.25) is 0 Å². The third-order valence-corrected chi connectivity index (χ3v) is 6.35. The lowest BCUT2D eigenvalue weighted by Gasteiger charge is -2.23. The van der Waals surface area contributed by atoms with Gasteiger partial charge in [0.2, 0.25) is 0 Å². The fraction of sp³-hybridized carbons (Fsp3) is 0.345. The molecule has 0 amide bonds. The number of hydrogen-bond donors (Lipinski definition) is 2. The average Bonchev–Trinajstić information content (AvgIpc) is 3.21. The van der Waals surface area contributed by atoms with E-state index in [9.17, 15) is 0 Å². The Morgan fingerprint density at radius 2 is 1.32 bits per heavy atom. The largest absolute Gasteiger partial charge is 0.370 e. The monoisotopic (exact) mass is 410 g/mol. The molecule has 0 bridgehead atoms. The molecule has 2 aromatic carbocycles. The van der Waals surface area contributed by atoms with Crippen LogP contribution in [0.4, 0.5) is 0 Å². The predicted molar refractivity (Wildman–Crippen MR) is 132 cm³/mol. The average molecular weight is 411 g/mol. The van der Waals surface area contributed by atoms with E-state index >= 15 is 0 Å². The number of allylic oxidation sites excluding steroid dienone is 5. The van der Waals surface area contributed by atoms with Gasteiger partial charge in [0.15, 0.2) is 0 Å². The summed E-state index contributed by atoms with van der Waals surface area (Å²) >= 11 is 0. The molecule has 2 N–H and O–H groups in total. The van der Waals surface area contributed by atoms with Gasteiger partial charge < -0.3 is 10.6 Å². The van der Waals surface area contributed by atoms with Gasteiger partial charge >= 0.3 is 0 Å². The highest BCUT2D eigenvalue weighted by atomic mass is 15.2. The smallest absolute Gasteiger partial charge is 0.103 e. The van der Waals surface area contributed by atoms with Crippen LogP contribution < -0.4 is 10.6 Å². The van der Waals surface area contributed by atoms with Crippen LogP contribution in [0, 0.1) is 48.0 Å². The molecule has 2 aliphatic rings. The molecular weight excluding hydrogens is 376 g/mol. The predicted octanol–water partition coefficient (Wildman–Crippen LogP) is 6.17. The lowest BCUT2D eigenvalue weighted by molar-refractivity contribution is 0.915. The summed E-state index contributed by atoms with van der Waals surface area (Å²) in [7, 11) is 0. The van der Waals surface area contributed by atoms with E-state index in [1.54, 1.807) is 0 Å². The quantitative estimate of drug-likeness (QED) is 0.629. The van der Waals surface area contributed by atoms with Crippen LogP contribution in [0.3, 0.4) is 0 Å². The van der Waals surface area contributed by atoms with Crippen LogP contribution in [-0.4, -0.2) is 13.1 Å². The third kappa shape index (κ3) is 4.49. The molecule has 1 saturated heterocycles. The van der Waals surface area contributed by atoms with Crippen LogP contribution in [0.25, 0.3) is 5.57 Å². The Hall–Kier alpha value is -2.74. The summed E-state index contributed by atoms with van der Waals surface area (Å²) in [6.07, 6.45) is 10.3. The van der Waals surface area contributed by atoms with Gasteiger partial charge in [-0.1, -0.05) is 53.1 Å². The number of benzene rings is 2. The van der Waals surface area contributed by atoms with Crippen molar-refractivity contribution in [1.29, 1.82) is 0 Å². The summed E-state index contributed by atoms with van der Waals surface area (Å²) in [4.78, 5) is 0. The van der Waals surface area contributed by atoms with E-state index in [0.29, 0.717) is 0 Å². The van der Waals surface area contributed by atoms with E-state index in [1.807, 2.05) is 0 Å². The van der Waals surface area contributed by atoms with Crippen molar-refractivity contribution in [1.82, 2.24) is 10.6 Å². The summed E-state index contributed by atoms with van der Waals surface area (Å²) in [6, 6.07) is 9.11. The van der Waals surface area contributed by atoms with Crippen molar-refractivity contribution in [2.24, 2.45) is 0 Å². The summed E-state index contributed by atoms with van der Waals surface area (Å²) in [6.45, 7) is 15.2. The Bertz CT molecular complexity index is 1060. The van der Waals surface area contributed by atoms with Crippen molar-refractivity contribution in [2.75, 3.05) is 13.1 Å². The lowest BCUT2D eigenvalue weighted by Crippen LogP contribution is -2.16. The van der Waals surface area contributed by atoms with E-state index in [4.69, 9.17) is 0 Å². The Labute approximate surface area is 188 Å². The Morgan fingerprint density at radius 3 is 1.90 bits per heavy atom. The van der Waals surface area contributed by atoms with E-state index in [-0.39, 0.29) is 0 Å². The summed E-state index contributed by atoms with van der Waals surface area (Å²) < 4.78 is 0. The minimum Gasteiger partial charge on any atom is -0.370 e. The molecule has 1 fully saturated rings. The molecule has 31 heavy (non-hydrogen) atoms. The molecule has 0 atom stereocenters. The fourth-order valence-electron chi connectivity index (χ4n) is 5.16. The highest BCUT2D eigenvalue weighted by molar-refractivity contribution is 5.86. The molecule has 2 nitrogen and oxygen atoms in total. The number of hydrogen-bond acceptors (Lipinski definition) is 2. The number of aryl methyl sites for hydroxylation is 6. The molecule has 0 spiro atoms. The highest BCUT2D eigenvalue weighted by Gasteiger charge is 2.22.